The summed E-state index contributed by atoms with van der Waals surface area (Å²) in [5.74, 6) is -0.742. The molecule has 172 valence electrons. The van der Waals surface area contributed by atoms with Crippen LogP contribution in [0.2, 0.25) is 5.02 Å². The molecular weight excluding hydrogens is 445 g/mol. The first kappa shape index (κ1) is 23.2. The van der Waals surface area contributed by atoms with E-state index in [1.165, 1.54) is 6.07 Å². The van der Waals surface area contributed by atoms with Crippen LogP contribution < -0.4 is 5.32 Å². The smallest absolute Gasteiger partial charge is 0.407 e. The number of hydrogen-bond donors (Lipinski definition) is 3. The van der Waals surface area contributed by atoms with Crippen molar-refractivity contribution in [3.05, 3.63) is 93.8 Å². The van der Waals surface area contributed by atoms with Gasteiger partial charge in [0.2, 0.25) is 0 Å². The number of rotatable bonds is 7. The number of alkyl carbamates (subject to hydrolysis) is 1. The lowest BCUT2D eigenvalue weighted by atomic mass is 9.98. The highest BCUT2D eigenvalue weighted by atomic mass is 35.5. The van der Waals surface area contributed by atoms with Gasteiger partial charge in [-0.15, -0.1) is 0 Å². The highest BCUT2D eigenvalue weighted by Gasteiger charge is 2.29. The number of aliphatic hydroxyl groups is 2. The zero-order chi connectivity index (χ0) is 23.5. The molecule has 3 N–H and O–H groups in total. The minimum absolute atomic E-state index is 0.0203. The molecule has 7 heteroatoms. The Balaban J connectivity index is 1.30. The zero-order valence-electron chi connectivity index (χ0n) is 18.1. The van der Waals surface area contributed by atoms with Crippen LogP contribution in [0.3, 0.4) is 0 Å². The van der Waals surface area contributed by atoms with E-state index in [2.05, 4.69) is 17.4 Å². The third-order valence-electron chi connectivity index (χ3n) is 6.01. The maximum absolute atomic E-state index is 14.1. The van der Waals surface area contributed by atoms with Crippen molar-refractivity contribution in [3.8, 4) is 11.1 Å². The molecule has 0 aromatic heterocycles. The summed E-state index contributed by atoms with van der Waals surface area (Å²) in [6.45, 7) is 1.92. The molecule has 2 atom stereocenters. The van der Waals surface area contributed by atoms with Gasteiger partial charge in [0, 0.05) is 23.0 Å². The van der Waals surface area contributed by atoms with Crippen molar-refractivity contribution >= 4 is 17.7 Å². The summed E-state index contributed by atoms with van der Waals surface area (Å²) in [5, 5.41) is 23.4. The van der Waals surface area contributed by atoms with Gasteiger partial charge in [-0.2, -0.15) is 0 Å². The second kappa shape index (κ2) is 9.91. The number of halogens is 2. The van der Waals surface area contributed by atoms with Gasteiger partial charge >= 0.3 is 6.09 Å². The molecular formula is C26H25ClFNO4. The molecule has 3 aromatic carbocycles. The van der Waals surface area contributed by atoms with E-state index >= 15 is 0 Å². The first-order chi connectivity index (χ1) is 15.9. The molecule has 0 aliphatic heterocycles. The number of fused-ring (bicyclic) bond motifs is 3. The Morgan fingerprint density at radius 1 is 1.09 bits per heavy atom. The normalized spacial score (nSPS) is 14.3. The van der Waals surface area contributed by atoms with Crippen LogP contribution in [0.4, 0.5) is 9.18 Å². The lowest BCUT2D eigenvalue weighted by molar-refractivity contribution is 0.0116. The van der Waals surface area contributed by atoms with E-state index in [0.29, 0.717) is 5.56 Å². The largest absolute Gasteiger partial charge is 0.449 e. The van der Waals surface area contributed by atoms with E-state index < -0.39 is 24.1 Å². The number of hydrogen-bond acceptors (Lipinski definition) is 4. The highest BCUT2D eigenvalue weighted by Crippen LogP contribution is 2.44. The van der Waals surface area contributed by atoms with Crippen molar-refractivity contribution in [2.45, 2.75) is 31.5 Å². The Morgan fingerprint density at radius 3 is 2.33 bits per heavy atom. The highest BCUT2D eigenvalue weighted by molar-refractivity contribution is 6.31. The zero-order valence-corrected chi connectivity index (χ0v) is 18.8. The van der Waals surface area contributed by atoms with Crippen LogP contribution in [0.15, 0.2) is 60.7 Å². The van der Waals surface area contributed by atoms with E-state index in [4.69, 9.17) is 16.3 Å². The van der Waals surface area contributed by atoms with Crippen LogP contribution in [-0.4, -0.2) is 35.6 Å². The van der Waals surface area contributed by atoms with Crippen molar-refractivity contribution in [2.75, 3.05) is 13.2 Å². The molecule has 0 bridgehead atoms. The molecule has 0 heterocycles. The predicted octanol–water partition coefficient (Wildman–Crippen LogP) is 5.11. The van der Waals surface area contributed by atoms with Crippen molar-refractivity contribution < 1.29 is 24.1 Å². The van der Waals surface area contributed by atoms with E-state index in [-0.39, 0.29) is 36.1 Å². The Bertz CT molecular complexity index is 1120. The molecule has 1 amide bonds. The fourth-order valence-corrected chi connectivity index (χ4v) is 4.39. The van der Waals surface area contributed by atoms with Crippen LogP contribution in [-0.2, 0) is 4.74 Å². The topological polar surface area (TPSA) is 78.8 Å². The number of aryl methyl sites for hydroxylation is 1. The van der Waals surface area contributed by atoms with Gasteiger partial charge in [0.1, 0.15) is 18.5 Å². The Labute approximate surface area is 196 Å². The Morgan fingerprint density at radius 2 is 1.70 bits per heavy atom. The first-order valence-electron chi connectivity index (χ1n) is 10.8. The summed E-state index contributed by atoms with van der Waals surface area (Å²) in [5.41, 5.74) is 5.07. The van der Waals surface area contributed by atoms with Crippen LogP contribution >= 0.6 is 11.6 Å². The fraction of sp³-hybridized carbons (Fsp3) is 0.269. The van der Waals surface area contributed by atoms with Crippen molar-refractivity contribution in [2.24, 2.45) is 0 Å². The molecule has 0 saturated carbocycles. The van der Waals surface area contributed by atoms with Gasteiger partial charge in [0.25, 0.3) is 0 Å². The van der Waals surface area contributed by atoms with Gasteiger partial charge in [-0.1, -0.05) is 60.1 Å². The van der Waals surface area contributed by atoms with E-state index in [9.17, 15) is 19.4 Å². The minimum Gasteiger partial charge on any atom is -0.449 e. The van der Waals surface area contributed by atoms with Crippen LogP contribution in [0, 0.1) is 12.7 Å². The van der Waals surface area contributed by atoms with Crippen molar-refractivity contribution in [3.63, 3.8) is 0 Å². The first-order valence-corrected chi connectivity index (χ1v) is 11.1. The fourth-order valence-electron chi connectivity index (χ4n) is 4.24. The maximum atomic E-state index is 14.1. The van der Waals surface area contributed by atoms with Gasteiger partial charge in [0.05, 0.1) is 6.10 Å². The Hall–Kier alpha value is -2.93. The summed E-state index contributed by atoms with van der Waals surface area (Å²) < 4.78 is 19.6. The molecule has 1 aliphatic carbocycles. The van der Waals surface area contributed by atoms with Gasteiger partial charge in [-0.05, 0) is 53.3 Å². The second-order valence-electron chi connectivity index (χ2n) is 8.18. The molecule has 0 fully saturated rings. The average Bonchev–Trinajstić information content (AvgIpc) is 3.13. The molecule has 33 heavy (non-hydrogen) atoms. The summed E-state index contributed by atoms with van der Waals surface area (Å²) in [7, 11) is 0. The van der Waals surface area contributed by atoms with Gasteiger partial charge in [0.15, 0.2) is 0 Å². The molecule has 2 unspecified atom stereocenters. The SMILES string of the molecule is Cc1cc(C(O)C(O)CCNC(=O)OCC2c3ccccc3-c3ccccc32)c(F)cc1Cl. The van der Waals surface area contributed by atoms with Crippen LogP contribution in [0.1, 0.15) is 40.7 Å². The lowest BCUT2D eigenvalue weighted by Crippen LogP contribution is -2.31. The second-order valence-corrected chi connectivity index (χ2v) is 8.58. The molecule has 0 radical (unpaired) electrons. The van der Waals surface area contributed by atoms with Gasteiger partial charge < -0.3 is 20.3 Å². The lowest BCUT2D eigenvalue weighted by Gasteiger charge is -2.20. The third-order valence-corrected chi connectivity index (χ3v) is 6.42. The van der Waals surface area contributed by atoms with E-state index in [1.807, 2.05) is 36.4 Å². The molecule has 4 rings (SSSR count). The standard InChI is InChI=1S/C26H25ClFNO4/c1-15-12-20(23(28)13-22(15)27)25(31)24(30)10-11-29-26(32)33-14-21-18-8-4-2-6-16(18)17-7-3-5-9-19(17)21/h2-9,12-13,21,24-25,30-31H,10-11,14H2,1H3,(H,29,32). The van der Waals surface area contributed by atoms with Gasteiger partial charge in [-0.25, -0.2) is 9.18 Å². The van der Waals surface area contributed by atoms with Crippen molar-refractivity contribution in [1.29, 1.82) is 0 Å². The molecule has 5 nitrogen and oxygen atoms in total. The third kappa shape index (κ3) is 4.88. The summed E-state index contributed by atoms with van der Waals surface area (Å²) in [6, 6.07) is 18.6. The number of nitrogens with one attached hydrogen (secondary N) is 1. The van der Waals surface area contributed by atoms with Crippen molar-refractivity contribution in [1.82, 2.24) is 5.32 Å². The number of amides is 1. The molecule has 0 spiro atoms. The number of ether oxygens (including phenoxy) is 1. The summed E-state index contributed by atoms with van der Waals surface area (Å²) in [4.78, 5) is 12.2. The number of benzene rings is 3. The average molecular weight is 470 g/mol. The molecule has 0 saturated heterocycles. The summed E-state index contributed by atoms with van der Waals surface area (Å²) in [6.07, 6.45) is -3.31. The van der Waals surface area contributed by atoms with Crippen LogP contribution in [0.5, 0.6) is 0 Å². The number of aliphatic hydroxyl groups excluding tert-OH is 2. The summed E-state index contributed by atoms with van der Waals surface area (Å²) >= 11 is 5.88. The molecule has 3 aromatic rings. The monoisotopic (exact) mass is 469 g/mol. The number of carbonyl (C=O) groups excluding carboxylic acids is 1. The Kier molecular flexibility index (Phi) is 6.98. The minimum atomic E-state index is -1.44. The van der Waals surface area contributed by atoms with Gasteiger partial charge in [-0.3, -0.25) is 0 Å². The van der Waals surface area contributed by atoms with E-state index in [1.54, 1.807) is 6.92 Å². The predicted molar refractivity (Wildman–Crippen MR) is 125 cm³/mol. The number of carbonyl (C=O) groups is 1. The maximum Gasteiger partial charge on any atom is 0.407 e. The molecule has 1 aliphatic rings. The van der Waals surface area contributed by atoms with Crippen LogP contribution in [0.25, 0.3) is 11.1 Å². The van der Waals surface area contributed by atoms with E-state index in [0.717, 1.165) is 28.3 Å². The quantitative estimate of drug-likeness (QED) is 0.449.